The monoisotopic (exact) mass is 424 g/mol. The summed E-state index contributed by atoms with van der Waals surface area (Å²) in [5, 5.41) is 21.2. The lowest BCUT2D eigenvalue weighted by molar-refractivity contribution is 0.0735. The van der Waals surface area contributed by atoms with E-state index in [0.717, 1.165) is 13.1 Å². The van der Waals surface area contributed by atoms with Gasteiger partial charge in [-0.25, -0.2) is 0 Å². The molecule has 7 nitrogen and oxygen atoms in total. The van der Waals surface area contributed by atoms with Crippen molar-refractivity contribution in [3.05, 3.63) is 83.4 Å². The fourth-order valence-corrected chi connectivity index (χ4v) is 3.33. The Labute approximate surface area is 186 Å². The Balaban J connectivity index is 1.64. The van der Waals surface area contributed by atoms with Crippen LogP contribution in [0, 0.1) is 22.7 Å². The predicted octanol–water partition coefficient (Wildman–Crippen LogP) is 4.06. The molecule has 0 saturated carbocycles. The first-order chi connectivity index (χ1) is 15.6. The average Bonchev–Trinajstić information content (AvgIpc) is 2.85. The minimum absolute atomic E-state index is 0.0959. The molecule has 0 spiro atoms. The van der Waals surface area contributed by atoms with Crippen LogP contribution in [0.3, 0.4) is 0 Å². The zero-order valence-electron chi connectivity index (χ0n) is 17.2. The van der Waals surface area contributed by atoms with Crippen LogP contribution in [0.4, 0.5) is 0 Å². The number of rotatable bonds is 5. The van der Waals surface area contributed by atoms with Crippen molar-refractivity contribution >= 4 is 5.91 Å². The number of carbonyl (C=O) groups excluding carboxylic acids is 1. The molecule has 0 unspecified atom stereocenters. The molecule has 3 aromatic rings. The summed E-state index contributed by atoms with van der Waals surface area (Å²) in [6.45, 7) is 2.76. The van der Waals surface area contributed by atoms with Gasteiger partial charge in [-0.15, -0.1) is 0 Å². The second-order valence-electron chi connectivity index (χ2n) is 7.21. The zero-order valence-corrected chi connectivity index (χ0v) is 17.2. The van der Waals surface area contributed by atoms with Crippen LogP contribution in [0.5, 0.6) is 23.0 Å². The van der Waals surface area contributed by atoms with Crippen molar-refractivity contribution in [2.75, 3.05) is 26.2 Å². The Morgan fingerprint density at radius 1 is 0.750 bits per heavy atom. The highest BCUT2D eigenvalue weighted by atomic mass is 16.5. The first kappa shape index (κ1) is 20.9. The van der Waals surface area contributed by atoms with Crippen molar-refractivity contribution < 1.29 is 14.3 Å². The predicted molar refractivity (Wildman–Crippen MR) is 118 cm³/mol. The third-order valence-corrected chi connectivity index (χ3v) is 4.97. The van der Waals surface area contributed by atoms with Gasteiger partial charge in [0, 0.05) is 37.8 Å². The molecule has 32 heavy (non-hydrogen) atoms. The lowest BCUT2D eigenvalue weighted by Crippen LogP contribution is -2.46. The van der Waals surface area contributed by atoms with E-state index in [1.807, 2.05) is 0 Å². The van der Waals surface area contributed by atoms with E-state index in [-0.39, 0.29) is 5.91 Å². The summed E-state index contributed by atoms with van der Waals surface area (Å²) in [5.41, 5.74) is 1.52. The number of hydrogen-bond acceptors (Lipinski definition) is 6. The van der Waals surface area contributed by atoms with Crippen LogP contribution in [0.15, 0.2) is 66.7 Å². The van der Waals surface area contributed by atoms with Crippen LogP contribution in [0.2, 0.25) is 0 Å². The molecule has 1 heterocycles. The summed E-state index contributed by atoms with van der Waals surface area (Å²) in [5.74, 6) is 1.88. The molecule has 1 N–H and O–H groups in total. The maximum absolute atomic E-state index is 13.1. The summed E-state index contributed by atoms with van der Waals surface area (Å²) in [7, 11) is 0. The second-order valence-corrected chi connectivity index (χ2v) is 7.21. The topological polar surface area (TPSA) is 98.4 Å². The van der Waals surface area contributed by atoms with Gasteiger partial charge in [0.15, 0.2) is 0 Å². The van der Waals surface area contributed by atoms with Crippen LogP contribution >= 0.6 is 0 Å². The van der Waals surface area contributed by atoms with Crippen LogP contribution in [0.25, 0.3) is 0 Å². The number of piperazine rings is 1. The lowest BCUT2D eigenvalue weighted by Gasteiger charge is -2.27. The molecule has 158 valence electrons. The maximum Gasteiger partial charge on any atom is 0.254 e. The minimum Gasteiger partial charge on any atom is -0.457 e. The third kappa shape index (κ3) is 5.04. The first-order valence-electron chi connectivity index (χ1n) is 10.2. The zero-order chi connectivity index (χ0) is 22.3. The molecule has 1 fully saturated rings. The average molecular weight is 424 g/mol. The highest BCUT2D eigenvalue weighted by Gasteiger charge is 2.20. The van der Waals surface area contributed by atoms with Gasteiger partial charge >= 0.3 is 0 Å². The highest BCUT2D eigenvalue weighted by Crippen LogP contribution is 2.31. The molecule has 0 radical (unpaired) electrons. The van der Waals surface area contributed by atoms with Gasteiger partial charge in [-0.05, 0) is 60.7 Å². The molecule has 3 aromatic carbocycles. The van der Waals surface area contributed by atoms with E-state index in [0.29, 0.717) is 52.8 Å². The van der Waals surface area contributed by atoms with Gasteiger partial charge in [-0.2, -0.15) is 10.5 Å². The molecular formula is C25H20N4O3. The molecule has 0 aliphatic carbocycles. The number of nitrogens with zero attached hydrogens (tertiary/aromatic N) is 3. The van der Waals surface area contributed by atoms with Gasteiger partial charge in [0.2, 0.25) is 0 Å². The SMILES string of the molecule is N#Cc1ccc(Oc2cc(Oc3ccc(C#N)cc3)cc(C(=O)N3CCNCC3)c2)cc1. The third-order valence-electron chi connectivity index (χ3n) is 4.97. The fraction of sp³-hybridized carbons (Fsp3) is 0.160. The van der Waals surface area contributed by atoms with E-state index < -0.39 is 0 Å². The molecule has 4 rings (SSSR count). The number of ether oxygens (including phenoxy) is 2. The summed E-state index contributed by atoms with van der Waals surface area (Å²) in [6.07, 6.45) is 0. The number of benzene rings is 3. The molecule has 1 aliphatic rings. The van der Waals surface area contributed by atoms with Crippen molar-refractivity contribution in [3.8, 4) is 35.1 Å². The summed E-state index contributed by atoms with van der Waals surface area (Å²) in [4.78, 5) is 14.9. The van der Waals surface area contributed by atoms with Gasteiger partial charge in [0.25, 0.3) is 5.91 Å². The smallest absolute Gasteiger partial charge is 0.254 e. The van der Waals surface area contributed by atoms with Gasteiger partial charge in [-0.1, -0.05) is 0 Å². The lowest BCUT2D eigenvalue weighted by atomic mass is 10.1. The van der Waals surface area contributed by atoms with Gasteiger partial charge in [0.1, 0.15) is 23.0 Å². The standard InChI is InChI=1S/C25H20N4O3/c26-16-18-1-5-21(6-2-18)31-23-13-20(25(30)29-11-9-28-10-12-29)14-24(15-23)32-22-7-3-19(17-27)4-8-22/h1-8,13-15,28H,9-12H2. The quantitative estimate of drug-likeness (QED) is 0.663. The van der Waals surface area contributed by atoms with Crippen LogP contribution in [0.1, 0.15) is 21.5 Å². The van der Waals surface area contributed by atoms with Crippen molar-refractivity contribution in [2.24, 2.45) is 0 Å². The molecular weight excluding hydrogens is 404 g/mol. The fourth-order valence-electron chi connectivity index (χ4n) is 3.33. The van der Waals surface area contributed by atoms with Crippen LogP contribution in [-0.4, -0.2) is 37.0 Å². The molecule has 1 amide bonds. The Kier molecular flexibility index (Phi) is 6.31. The molecule has 0 aromatic heterocycles. The van der Waals surface area contributed by atoms with E-state index in [9.17, 15) is 4.79 Å². The van der Waals surface area contributed by atoms with Crippen LogP contribution < -0.4 is 14.8 Å². The largest absolute Gasteiger partial charge is 0.457 e. The first-order valence-corrected chi connectivity index (χ1v) is 10.2. The summed E-state index contributed by atoms with van der Waals surface area (Å²) < 4.78 is 11.9. The Morgan fingerprint density at radius 2 is 1.22 bits per heavy atom. The summed E-state index contributed by atoms with van der Waals surface area (Å²) >= 11 is 0. The summed E-state index contributed by atoms with van der Waals surface area (Å²) in [6, 6.07) is 22.7. The molecule has 1 saturated heterocycles. The normalized spacial score (nSPS) is 13.0. The number of amides is 1. The van der Waals surface area contributed by atoms with E-state index in [2.05, 4.69) is 17.5 Å². The number of hydrogen-bond donors (Lipinski definition) is 1. The van der Waals surface area contributed by atoms with Crippen molar-refractivity contribution in [3.63, 3.8) is 0 Å². The van der Waals surface area contributed by atoms with E-state index in [1.165, 1.54) is 0 Å². The Bertz CT molecular complexity index is 1110. The van der Waals surface area contributed by atoms with Crippen LogP contribution in [-0.2, 0) is 0 Å². The van der Waals surface area contributed by atoms with Gasteiger partial charge in [0.05, 0.1) is 23.3 Å². The van der Waals surface area contributed by atoms with Crippen molar-refractivity contribution in [1.29, 1.82) is 10.5 Å². The molecule has 0 atom stereocenters. The Morgan fingerprint density at radius 3 is 1.66 bits per heavy atom. The highest BCUT2D eigenvalue weighted by molar-refractivity contribution is 5.95. The van der Waals surface area contributed by atoms with E-state index >= 15 is 0 Å². The Hall–Kier alpha value is -4.33. The van der Waals surface area contributed by atoms with Crippen molar-refractivity contribution in [2.45, 2.75) is 0 Å². The van der Waals surface area contributed by atoms with Gasteiger partial charge in [-0.3, -0.25) is 4.79 Å². The van der Waals surface area contributed by atoms with E-state index in [4.69, 9.17) is 20.0 Å². The number of nitrogens with one attached hydrogen (secondary N) is 1. The molecule has 0 bridgehead atoms. The van der Waals surface area contributed by atoms with Crippen molar-refractivity contribution in [1.82, 2.24) is 10.2 Å². The van der Waals surface area contributed by atoms with E-state index in [1.54, 1.807) is 71.6 Å². The maximum atomic E-state index is 13.1. The molecule has 1 aliphatic heterocycles. The minimum atomic E-state index is -0.0959. The number of nitriles is 2. The second kappa shape index (κ2) is 9.65. The van der Waals surface area contributed by atoms with Gasteiger partial charge < -0.3 is 19.7 Å². The number of carbonyl (C=O) groups is 1. The molecule has 7 heteroatoms.